The zero-order valence-corrected chi connectivity index (χ0v) is 17.8. The van der Waals surface area contributed by atoms with E-state index in [2.05, 4.69) is 6.92 Å². The van der Waals surface area contributed by atoms with E-state index in [1.807, 2.05) is 6.26 Å². The van der Waals surface area contributed by atoms with Crippen LogP contribution < -0.4 is 0 Å². The van der Waals surface area contributed by atoms with Crippen molar-refractivity contribution >= 4 is 27.8 Å². The minimum absolute atomic E-state index is 0.306. The Bertz CT molecular complexity index is 440. The standard InChI is InChI=1S/C18H37NO4S2/c1-4-5-6-7-8-9-10-11-12-13-15-19(25(3,22)23)17(18(20)21)14-16-24-2/h17H,4-16H2,1-3H3,(H,20,21). The highest BCUT2D eigenvalue weighted by Crippen LogP contribution is 2.16. The second kappa shape index (κ2) is 14.9. The molecule has 0 saturated carbocycles. The largest absolute Gasteiger partial charge is 0.480 e. The number of carbonyl (C=O) groups is 1. The van der Waals surface area contributed by atoms with Gasteiger partial charge in [-0.2, -0.15) is 16.1 Å². The fourth-order valence-corrected chi connectivity index (χ4v) is 4.51. The van der Waals surface area contributed by atoms with Gasteiger partial charge in [-0.15, -0.1) is 0 Å². The van der Waals surface area contributed by atoms with Gasteiger partial charge >= 0.3 is 5.97 Å². The van der Waals surface area contributed by atoms with Crippen molar-refractivity contribution < 1.29 is 18.3 Å². The van der Waals surface area contributed by atoms with E-state index < -0.39 is 22.0 Å². The van der Waals surface area contributed by atoms with Crippen LogP contribution in [0.3, 0.4) is 0 Å². The van der Waals surface area contributed by atoms with E-state index in [4.69, 9.17) is 0 Å². The summed E-state index contributed by atoms with van der Waals surface area (Å²) in [6.45, 7) is 2.52. The van der Waals surface area contributed by atoms with E-state index in [1.54, 1.807) is 0 Å². The molecule has 0 aromatic rings. The Kier molecular flexibility index (Phi) is 14.7. The molecule has 0 fully saturated rings. The number of thioether (sulfide) groups is 1. The van der Waals surface area contributed by atoms with Crippen LogP contribution in [-0.2, 0) is 14.8 Å². The zero-order valence-electron chi connectivity index (χ0n) is 16.2. The SMILES string of the molecule is CCCCCCCCCCCCN(C(CCSC)C(=O)O)S(C)(=O)=O. The lowest BCUT2D eigenvalue weighted by molar-refractivity contribution is -0.141. The topological polar surface area (TPSA) is 74.7 Å². The van der Waals surface area contributed by atoms with Crippen molar-refractivity contribution in [1.82, 2.24) is 4.31 Å². The van der Waals surface area contributed by atoms with Gasteiger partial charge in [0.2, 0.25) is 10.0 Å². The maximum atomic E-state index is 12.0. The molecule has 0 spiro atoms. The second-order valence-corrected chi connectivity index (χ2v) is 9.61. The molecule has 1 N–H and O–H groups in total. The van der Waals surface area contributed by atoms with Crippen molar-refractivity contribution in [3.05, 3.63) is 0 Å². The van der Waals surface area contributed by atoms with Gasteiger partial charge in [-0.05, 0) is 24.9 Å². The summed E-state index contributed by atoms with van der Waals surface area (Å²) in [7, 11) is -3.51. The van der Waals surface area contributed by atoms with Gasteiger partial charge in [0.05, 0.1) is 6.26 Å². The van der Waals surface area contributed by atoms with Gasteiger partial charge in [0, 0.05) is 6.54 Å². The van der Waals surface area contributed by atoms with Crippen LogP contribution in [-0.4, -0.2) is 54.6 Å². The quantitative estimate of drug-likeness (QED) is 0.370. The Balaban J connectivity index is 4.15. The lowest BCUT2D eigenvalue weighted by Crippen LogP contribution is -2.45. The van der Waals surface area contributed by atoms with Crippen molar-refractivity contribution in [3.63, 3.8) is 0 Å². The first-order valence-corrected chi connectivity index (χ1v) is 12.8. The Morgan fingerprint density at radius 1 is 1.00 bits per heavy atom. The zero-order chi connectivity index (χ0) is 19.1. The first kappa shape index (κ1) is 24.7. The van der Waals surface area contributed by atoms with Crippen LogP contribution in [0.15, 0.2) is 0 Å². The smallest absolute Gasteiger partial charge is 0.322 e. The molecule has 0 bridgehead atoms. The highest BCUT2D eigenvalue weighted by molar-refractivity contribution is 7.98. The fourth-order valence-electron chi connectivity index (χ4n) is 2.93. The number of nitrogens with zero attached hydrogens (tertiary/aromatic N) is 1. The summed E-state index contributed by atoms with van der Waals surface area (Å²) in [5.41, 5.74) is 0. The number of aliphatic carboxylic acids is 1. The number of sulfonamides is 1. The molecule has 5 nitrogen and oxygen atoms in total. The van der Waals surface area contributed by atoms with Crippen LogP contribution in [0.4, 0.5) is 0 Å². The Morgan fingerprint density at radius 3 is 1.88 bits per heavy atom. The first-order valence-electron chi connectivity index (χ1n) is 9.53. The molecule has 1 atom stereocenters. The van der Waals surface area contributed by atoms with Gasteiger partial charge in [0.15, 0.2) is 0 Å². The van der Waals surface area contributed by atoms with Gasteiger partial charge in [-0.1, -0.05) is 64.7 Å². The van der Waals surface area contributed by atoms with Crippen molar-refractivity contribution in [2.75, 3.05) is 24.8 Å². The van der Waals surface area contributed by atoms with E-state index in [-0.39, 0.29) is 0 Å². The molecule has 7 heteroatoms. The number of unbranched alkanes of at least 4 members (excludes halogenated alkanes) is 9. The number of carboxylic acids is 1. The van der Waals surface area contributed by atoms with Crippen LogP contribution in [0.1, 0.15) is 77.6 Å². The van der Waals surface area contributed by atoms with E-state index in [0.29, 0.717) is 18.7 Å². The molecule has 0 aliphatic heterocycles. The lowest BCUT2D eigenvalue weighted by atomic mass is 10.1. The third-order valence-corrected chi connectivity index (χ3v) is 6.32. The molecule has 0 heterocycles. The molecule has 0 aliphatic rings. The molecule has 0 rings (SSSR count). The molecule has 1 unspecified atom stereocenters. The Labute approximate surface area is 159 Å². The third kappa shape index (κ3) is 12.7. The molecule has 25 heavy (non-hydrogen) atoms. The molecule has 0 radical (unpaired) electrons. The second-order valence-electron chi connectivity index (χ2n) is 6.69. The predicted molar refractivity (Wildman–Crippen MR) is 108 cm³/mol. The molecule has 0 aromatic heterocycles. The van der Waals surface area contributed by atoms with Crippen LogP contribution in [0.2, 0.25) is 0 Å². The van der Waals surface area contributed by atoms with Crippen LogP contribution >= 0.6 is 11.8 Å². The average molecular weight is 396 g/mol. The number of carboxylic acid groups (broad SMARTS) is 1. The van der Waals surface area contributed by atoms with Crippen molar-refractivity contribution in [2.24, 2.45) is 0 Å². The molecule has 0 aromatic carbocycles. The first-order chi connectivity index (χ1) is 11.8. The minimum atomic E-state index is -3.51. The molecular weight excluding hydrogens is 358 g/mol. The van der Waals surface area contributed by atoms with E-state index in [1.165, 1.54) is 61.0 Å². The van der Waals surface area contributed by atoms with Gasteiger partial charge in [0.25, 0.3) is 0 Å². The van der Waals surface area contributed by atoms with Gasteiger partial charge < -0.3 is 5.11 Å². The highest BCUT2D eigenvalue weighted by Gasteiger charge is 2.31. The summed E-state index contributed by atoms with van der Waals surface area (Å²) >= 11 is 1.53. The Hall–Kier alpha value is -0.270. The van der Waals surface area contributed by atoms with Gasteiger partial charge in [-0.25, -0.2) is 8.42 Å². The highest BCUT2D eigenvalue weighted by atomic mass is 32.2. The maximum absolute atomic E-state index is 12.0. The predicted octanol–water partition coefficient (Wildman–Crippen LogP) is 4.38. The normalized spacial score (nSPS) is 13.3. The molecular formula is C18H37NO4S2. The number of rotatable bonds is 17. The summed E-state index contributed by atoms with van der Waals surface area (Å²) < 4.78 is 25.2. The molecule has 0 saturated heterocycles. The third-order valence-electron chi connectivity index (χ3n) is 4.39. The fraction of sp³-hybridized carbons (Fsp3) is 0.944. The van der Waals surface area contributed by atoms with E-state index in [0.717, 1.165) is 25.5 Å². The summed E-state index contributed by atoms with van der Waals surface area (Å²) in [6.07, 6.45) is 15.1. The maximum Gasteiger partial charge on any atom is 0.322 e. The summed E-state index contributed by atoms with van der Waals surface area (Å²) in [6, 6.07) is -0.944. The lowest BCUT2D eigenvalue weighted by Gasteiger charge is -2.26. The molecule has 150 valence electrons. The van der Waals surface area contributed by atoms with Crippen molar-refractivity contribution in [3.8, 4) is 0 Å². The van der Waals surface area contributed by atoms with Crippen molar-refractivity contribution in [1.29, 1.82) is 0 Å². The Morgan fingerprint density at radius 2 is 1.48 bits per heavy atom. The summed E-state index contributed by atoms with van der Waals surface area (Å²) in [4.78, 5) is 11.5. The summed E-state index contributed by atoms with van der Waals surface area (Å²) in [5.74, 6) is -0.410. The van der Waals surface area contributed by atoms with Gasteiger partial charge in [0.1, 0.15) is 6.04 Å². The number of hydrogen-bond donors (Lipinski definition) is 1. The number of hydrogen-bond acceptors (Lipinski definition) is 4. The molecule has 0 aliphatic carbocycles. The average Bonchev–Trinajstić information content (AvgIpc) is 2.53. The van der Waals surface area contributed by atoms with Crippen LogP contribution in [0.5, 0.6) is 0 Å². The monoisotopic (exact) mass is 395 g/mol. The van der Waals surface area contributed by atoms with E-state index >= 15 is 0 Å². The minimum Gasteiger partial charge on any atom is -0.480 e. The van der Waals surface area contributed by atoms with Gasteiger partial charge in [-0.3, -0.25) is 4.79 Å². The molecule has 0 amide bonds. The van der Waals surface area contributed by atoms with E-state index in [9.17, 15) is 18.3 Å². The van der Waals surface area contributed by atoms with Crippen LogP contribution in [0.25, 0.3) is 0 Å². The summed E-state index contributed by atoms with van der Waals surface area (Å²) in [5, 5.41) is 9.38. The van der Waals surface area contributed by atoms with Crippen LogP contribution in [0, 0.1) is 0 Å². The van der Waals surface area contributed by atoms with Crippen molar-refractivity contribution in [2.45, 2.75) is 83.6 Å².